The third-order valence-corrected chi connectivity index (χ3v) is 4.84. The molecule has 3 heterocycles. The Balaban J connectivity index is 1.45. The molecule has 0 radical (unpaired) electrons. The predicted molar refractivity (Wildman–Crippen MR) is 91.7 cm³/mol. The molecule has 0 atom stereocenters. The molecule has 5 nitrogen and oxygen atoms in total. The number of halogens is 2. The molecule has 1 aromatic carbocycles. The van der Waals surface area contributed by atoms with Gasteiger partial charge in [-0.1, -0.05) is 0 Å². The summed E-state index contributed by atoms with van der Waals surface area (Å²) in [4.78, 5) is 23.3. The molecule has 8 heteroatoms. The van der Waals surface area contributed by atoms with E-state index in [4.69, 9.17) is 0 Å². The second-order valence-electron chi connectivity index (χ2n) is 5.50. The summed E-state index contributed by atoms with van der Waals surface area (Å²) >= 11 is 1.21. The number of hydrogen-bond acceptors (Lipinski definition) is 4. The number of rotatable bonds is 4. The number of carbonyl (C=O) groups is 1. The van der Waals surface area contributed by atoms with Gasteiger partial charge >= 0.3 is 0 Å². The number of nitrogens with zero attached hydrogens (tertiary/aromatic N) is 2. The Labute approximate surface area is 144 Å². The molecule has 0 spiro atoms. The fourth-order valence-corrected chi connectivity index (χ4v) is 3.49. The molecular weight excluding hydrogens is 346 g/mol. The first-order valence-corrected chi connectivity index (χ1v) is 8.37. The Kier molecular flexibility index (Phi) is 3.89. The van der Waals surface area contributed by atoms with E-state index in [1.807, 2.05) is 0 Å². The van der Waals surface area contributed by atoms with Gasteiger partial charge in [-0.05, 0) is 30.2 Å². The number of hydrogen-bond donors (Lipinski definition) is 2. The van der Waals surface area contributed by atoms with Gasteiger partial charge in [0.15, 0.2) is 5.01 Å². The van der Waals surface area contributed by atoms with E-state index in [1.54, 1.807) is 12.3 Å². The SMILES string of the molecule is O=C(NCCc1c[nH]c2ncc(F)cc12)c1nc2cc(F)ccc2s1. The maximum absolute atomic E-state index is 13.3. The Bertz CT molecular complexity index is 1090. The van der Waals surface area contributed by atoms with Crippen molar-refractivity contribution in [1.82, 2.24) is 20.3 Å². The summed E-state index contributed by atoms with van der Waals surface area (Å²) in [7, 11) is 0. The zero-order valence-corrected chi connectivity index (χ0v) is 13.7. The van der Waals surface area contributed by atoms with Crippen molar-refractivity contribution in [2.75, 3.05) is 6.54 Å². The van der Waals surface area contributed by atoms with Crippen LogP contribution in [0.1, 0.15) is 15.4 Å². The van der Waals surface area contributed by atoms with Crippen molar-refractivity contribution >= 4 is 38.5 Å². The van der Waals surface area contributed by atoms with Crippen molar-refractivity contribution in [3.05, 3.63) is 58.9 Å². The van der Waals surface area contributed by atoms with Crippen molar-refractivity contribution in [2.24, 2.45) is 0 Å². The molecule has 0 aliphatic heterocycles. The van der Waals surface area contributed by atoms with Crippen LogP contribution in [0, 0.1) is 11.6 Å². The third kappa shape index (κ3) is 3.08. The van der Waals surface area contributed by atoms with Crippen LogP contribution in [0.5, 0.6) is 0 Å². The highest BCUT2D eigenvalue weighted by molar-refractivity contribution is 7.20. The lowest BCUT2D eigenvalue weighted by Crippen LogP contribution is -2.25. The van der Waals surface area contributed by atoms with Crippen molar-refractivity contribution in [1.29, 1.82) is 0 Å². The average Bonchev–Trinajstić information content (AvgIpc) is 3.18. The lowest BCUT2D eigenvalue weighted by molar-refractivity contribution is 0.0954. The van der Waals surface area contributed by atoms with Crippen molar-refractivity contribution in [2.45, 2.75) is 6.42 Å². The molecule has 0 saturated heterocycles. The van der Waals surface area contributed by atoms with E-state index in [0.29, 0.717) is 29.5 Å². The van der Waals surface area contributed by atoms with Crippen LogP contribution in [-0.4, -0.2) is 27.4 Å². The highest BCUT2D eigenvalue weighted by atomic mass is 32.1. The molecule has 0 aliphatic carbocycles. The highest BCUT2D eigenvalue weighted by Crippen LogP contribution is 2.23. The molecule has 4 aromatic rings. The molecule has 0 saturated carbocycles. The predicted octanol–water partition coefficient (Wildman–Crippen LogP) is 3.42. The number of fused-ring (bicyclic) bond motifs is 2. The van der Waals surface area contributed by atoms with E-state index in [9.17, 15) is 13.6 Å². The maximum Gasteiger partial charge on any atom is 0.280 e. The van der Waals surface area contributed by atoms with Gasteiger partial charge in [-0.25, -0.2) is 18.7 Å². The Morgan fingerprint density at radius 2 is 2.12 bits per heavy atom. The largest absolute Gasteiger partial charge is 0.350 e. The van der Waals surface area contributed by atoms with E-state index in [-0.39, 0.29) is 16.7 Å². The Morgan fingerprint density at radius 3 is 3.00 bits per heavy atom. The number of benzene rings is 1. The molecule has 126 valence electrons. The van der Waals surface area contributed by atoms with Crippen LogP contribution in [0.3, 0.4) is 0 Å². The molecule has 4 rings (SSSR count). The zero-order valence-electron chi connectivity index (χ0n) is 12.8. The lowest BCUT2D eigenvalue weighted by Gasteiger charge is -2.02. The smallest absolute Gasteiger partial charge is 0.280 e. The van der Waals surface area contributed by atoms with E-state index in [0.717, 1.165) is 16.5 Å². The summed E-state index contributed by atoms with van der Waals surface area (Å²) in [5, 5.41) is 3.76. The standard InChI is InChI=1S/C17H12F2N4OS/c18-10-1-2-14-13(6-10)23-17(25-14)16(24)20-4-3-9-7-21-15-12(9)5-11(19)8-22-15/h1-2,5-8H,3-4H2,(H,20,24)(H,21,22). The van der Waals surface area contributed by atoms with Gasteiger partial charge in [0.25, 0.3) is 5.91 Å². The van der Waals surface area contributed by atoms with Gasteiger partial charge in [-0.3, -0.25) is 4.79 Å². The summed E-state index contributed by atoms with van der Waals surface area (Å²) in [6.45, 7) is 0.368. The van der Waals surface area contributed by atoms with E-state index < -0.39 is 5.82 Å². The molecule has 0 unspecified atom stereocenters. The molecule has 2 N–H and O–H groups in total. The third-order valence-electron chi connectivity index (χ3n) is 3.81. The maximum atomic E-state index is 13.3. The molecule has 0 fully saturated rings. The average molecular weight is 358 g/mol. The van der Waals surface area contributed by atoms with Gasteiger partial charge in [0.2, 0.25) is 0 Å². The molecule has 0 bridgehead atoms. The van der Waals surface area contributed by atoms with Gasteiger partial charge in [-0.15, -0.1) is 11.3 Å². The van der Waals surface area contributed by atoms with Gasteiger partial charge in [0, 0.05) is 24.2 Å². The zero-order chi connectivity index (χ0) is 17.4. The lowest BCUT2D eigenvalue weighted by atomic mass is 10.1. The van der Waals surface area contributed by atoms with Gasteiger partial charge < -0.3 is 10.3 Å². The second kappa shape index (κ2) is 6.21. The van der Waals surface area contributed by atoms with Crippen LogP contribution in [0.25, 0.3) is 21.3 Å². The number of pyridine rings is 1. The van der Waals surface area contributed by atoms with Crippen LogP contribution in [0.4, 0.5) is 8.78 Å². The van der Waals surface area contributed by atoms with E-state index >= 15 is 0 Å². The second-order valence-corrected chi connectivity index (χ2v) is 6.53. The number of aromatic amines is 1. The van der Waals surface area contributed by atoms with Crippen LogP contribution >= 0.6 is 11.3 Å². The summed E-state index contributed by atoms with van der Waals surface area (Å²) in [5.41, 5.74) is 1.94. The van der Waals surface area contributed by atoms with Crippen LogP contribution in [0.15, 0.2) is 36.7 Å². The Morgan fingerprint density at radius 1 is 1.24 bits per heavy atom. The minimum Gasteiger partial charge on any atom is -0.350 e. The first-order valence-electron chi connectivity index (χ1n) is 7.56. The van der Waals surface area contributed by atoms with E-state index in [1.165, 1.54) is 29.5 Å². The number of thiazole rings is 1. The fraction of sp³-hybridized carbons (Fsp3) is 0.118. The van der Waals surface area contributed by atoms with Crippen molar-refractivity contribution in [3.8, 4) is 0 Å². The number of H-pyrrole nitrogens is 1. The van der Waals surface area contributed by atoms with Gasteiger partial charge in [-0.2, -0.15) is 0 Å². The van der Waals surface area contributed by atoms with Crippen LogP contribution in [-0.2, 0) is 6.42 Å². The molecule has 25 heavy (non-hydrogen) atoms. The number of amides is 1. The molecule has 1 amide bonds. The van der Waals surface area contributed by atoms with E-state index in [2.05, 4.69) is 20.3 Å². The summed E-state index contributed by atoms with van der Waals surface area (Å²) in [6.07, 6.45) is 3.43. The monoisotopic (exact) mass is 358 g/mol. The summed E-state index contributed by atoms with van der Waals surface area (Å²) in [6, 6.07) is 5.66. The molecule has 3 aromatic heterocycles. The Hall–Kier alpha value is -2.87. The van der Waals surface area contributed by atoms with Crippen LogP contribution < -0.4 is 5.32 Å². The fourth-order valence-electron chi connectivity index (χ4n) is 2.62. The summed E-state index contributed by atoms with van der Waals surface area (Å²) < 4.78 is 27.3. The van der Waals surface area contributed by atoms with Crippen molar-refractivity contribution in [3.63, 3.8) is 0 Å². The van der Waals surface area contributed by atoms with Crippen LogP contribution in [0.2, 0.25) is 0 Å². The minimum absolute atomic E-state index is 0.284. The number of aromatic nitrogens is 3. The normalized spacial score (nSPS) is 11.3. The first-order chi connectivity index (χ1) is 12.1. The molecule has 0 aliphatic rings. The first kappa shape index (κ1) is 15.6. The summed E-state index contributed by atoms with van der Waals surface area (Å²) in [5.74, 6) is -1.10. The molecular formula is C17H12F2N4OS. The van der Waals surface area contributed by atoms with Crippen molar-refractivity contribution < 1.29 is 13.6 Å². The minimum atomic E-state index is -0.404. The highest BCUT2D eigenvalue weighted by Gasteiger charge is 2.13. The van der Waals surface area contributed by atoms with Gasteiger partial charge in [0.1, 0.15) is 17.3 Å². The number of carbonyl (C=O) groups excluding carboxylic acids is 1. The topological polar surface area (TPSA) is 70.7 Å². The van der Waals surface area contributed by atoms with Gasteiger partial charge in [0.05, 0.1) is 16.4 Å². The quantitative estimate of drug-likeness (QED) is 0.587. The number of nitrogens with one attached hydrogen (secondary N) is 2.